The summed E-state index contributed by atoms with van der Waals surface area (Å²) in [5.74, 6) is 0. The number of hydrogen-bond acceptors (Lipinski definition) is 2. The van der Waals surface area contributed by atoms with E-state index in [0.717, 1.165) is 0 Å². The van der Waals surface area contributed by atoms with Gasteiger partial charge in [-0.05, 0) is 56.4 Å². The van der Waals surface area contributed by atoms with Crippen LogP contribution in [0.15, 0.2) is 146 Å². The highest BCUT2D eigenvalue weighted by molar-refractivity contribution is 7.27. The van der Waals surface area contributed by atoms with Crippen molar-refractivity contribution in [2.24, 2.45) is 0 Å². The van der Waals surface area contributed by atoms with E-state index in [1.807, 2.05) is 22.7 Å². The van der Waals surface area contributed by atoms with Crippen molar-refractivity contribution in [3.05, 3.63) is 146 Å². The van der Waals surface area contributed by atoms with Gasteiger partial charge in [0, 0.05) is 46.3 Å². The summed E-state index contributed by atoms with van der Waals surface area (Å²) in [5.41, 5.74) is 6.48. The van der Waals surface area contributed by atoms with Crippen LogP contribution in [0, 0.1) is 0 Å². The Morgan fingerprint density at radius 2 is 0.762 bits per heavy atom. The van der Waals surface area contributed by atoms with Gasteiger partial charge in [-0.2, -0.15) is 0 Å². The van der Waals surface area contributed by atoms with Gasteiger partial charge in [0.1, 0.15) is 0 Å². The van der Waals surface area contributed by atoms with E-state index in [1.54, 1.807) is 0 Å². The fraction of sp³-hybridized carbons (Fsp3) is 0. The molecule has 0 unspecified atom stereocenters. The van der Waals surface area contributed by atoms with E-state index in [2.05, 4.69) is 146 Å². The molecule has 0 aliphatic carbocycles. The Morgan fingerprint density at radius 1 is 0.286 bits per heavy atom. The molecular weight excluding hydrogens is 545 g/mol. The summed E-state index contributed by atoms with van der Waals surface area (Å²) < 4.78 is 4.04. The SMILES string of the molecule is c1ccc(-c2c(-c3c4ccccc4c(-c4ccccc4)c4ccccc34)sc3cc4sc5ccccc5c4cc23)cc1. The molecule has 0 nitrogen and oxygen atoms in total. The van der Waals surface area contributed by atoms with Crippen molar-refractivity contribution in [2.45, 2.75) is 0 Å². The normalized spacial score (nSPS) is 11.8. The van der Waals surface area contributed by atoms with Gasteiger partial charge in [0.15, 0.2) is 0 Å². The van der Waals surface area contributed by atoms with Crippen LogP contribution >= 0.6 is 22.7 Å². The molecule has 0 saturated heterocycles. The summed E-state index contributed by atoms with van der Waals surface area (Å²) in [6.07, 6.45) is 0. The van der Waals surface area contributed by atoms with E-state index in [4.69, 9.17) is 0 Å². The fourth-order valence-corrected chi connectivity index (χ4v) is 9.19. The number of fused-ring (bicyclic) bond motifs is 6. The Bertz CT molecular complexity index is 2390. The van der Waals surface area contributed by atoms with E-state index < -0.39 is 0 Å². The molecule has 42 heavy (non-hydrogen) atoms. The molecule has 0 radical (unpaired) electrons. The van der Waals surface area contributed by atoms with Crippen molar-refractivity contribution in [2.75, 3.05) is 0 Å². The predicted molar refractivity (Wildman–Crippen MR) is 186 cm³/mol. The molecule has 0 fully saturated rings. The molecule has 0 aliphatic rings. The Labute approximate surface area is 251 Å². The van der Waals surface area contributed by atoms with Gasteiger partial charge < -0.3 is 0 Å². The lowest BCUT2D eigenvalue weighted by molar-refractivity contribution is 1.66. The fourth-order valence-electron chi connectivity index (χ4n) is 6.67. The smallest absolute Gasteiger partial charge is 0.0446 e. The van der Waals surface area contributed by atoms with Crippen molar-refractivity contribution in [3.63, 3.8) is 0 Å². The molecule has 0 atom stereocenters. The number of rotatable bonds is 3. The molecule has 9 aromatic rings. The van der Waals surface area contributed by atoms with Gasteiger partial charge in [0.2, 0.25) is 0 Å². The maximum Gasteiger partial charge on any atom is 0.0446 e. The van der Waals surface area contributed by atoms with Crippen molar-refractivity contribution in [1.82, 2.24) is 0 Å². The van der Waals surface area contributed by atoms with E-state index in [0.29, 0.717) is 0 Å². The number of thiophene rings is 2. The first kappa shape index (κ1) is 23.9. The molecule has 2 aromatic heterocycles. The van der Waals surface area contributed by atoms with Crippen LogP contribution in [0.2, 0.25) is 0 Å². The number of benzene rings is 7. The summed E-state index contributed by atoms with van der Waals surface area (Å²) in [7, 11) is 0. The van der Waals surface area contributed by atoms with Crippen LogP contribution in [-0.2, 0) is 0 Å². The maximum atomic E-state index is 2.45. The van der Waals surface area contributed by atoms with E-state index in [-0.39, 0.29) is 0 Å². The molecule has 2 heteroatoms. The lowest BCUT2D eigenvalue weighted by Crippen LogP contribution is -1.90. The Hall–Kier alpha value is -4.76. The molecule has 0 aliphatic heterocycles. The zero-order valence-corrected chi connectivity index (χ0v) is 24.3. The second-order valence-electron chi connectivity index (χ2n) is 10.8. The molecular formula is C40H24S2. The van der Waals surface area contributed by atoms with Gasteiger partial charge in [-0.3, -0.25) is 0 Å². The van der Waals surface area contributed by atoms with E-state index >= 15 is 0 Å². The largest absolute Gasteiger partial charge is 0.135 e. The van der Waals surface area contributed by atoms with Crippen LogP contribution < -0.4 is 0 Å². The molecule has 0 bridgehead atoms. The topological polar surface area (TPSA) is 0 Å². The van der Waals surface area contributed by atoms with Crippen LogP contribution in [0.25, 0.3) is 84.5 Å². The molecule has 2 heterocycles. The van der Waals surface area contributed by atoms with Crippen LogP contribution in [-0.4, -0.2) is 0 Å². The lowest BCUT2D eigenvalue weighted by atomic mass is 9.86. The lowest BCUT2D eigenvalue weighted by Gasteiger charge is -2.18. The standard InChI is InChI=1S/C40H24S2/c1-3-13-25(14-4-1)37-28-18-7-9-20-30(28)39(31-21-10-8-19-29(31)37)40-38(26-15-5-2-6-16-26)33-23-32-27-17-11-12-22-34(27)41-35(32)24-36(33)42-40/h1-24H. The second-order valence-corrected chi connectivity index (χ2v) is 13.0. The van der Waals surface area contributed by atoms with Gasteiger partial charge >= 0.3 is 0 Å². The monoisotopic (exact) mass is 568 g/mol. The van der Waals surface area contributed by atoms with Crippen molar-refractivity contribution < 1.29 is 0 Å². The highest BCUT2D eigenvalue weighted by Crippen LogP contribution is 2.52. The molecule has 7 aromatic carbocycles. The van der Waals surface area contributed by atoms with Gasteiger partial charge in [0.05, 0.1) is 0 Å². The van der Waals surface area contributed by atoms with E-state index in [9.17, 15) is 0 Å². The van der Waals surface area contributed by atoms with Crippen molar-refractivity contribution in [1.29, 1.82) is 0 Å². The summed E-state index contributed by atoms with van der Waals surface area (Å²) in [4.78, 5) is 1.34. The predicted octanol–water partition coefficient (Wildman–Crippen LogP) is 12.6. The summed E-state index contributed by atoms with van der Waals surface area (Å²) >= 11 is 3.83. The third kappa shape index (κ3) is 3.53. The minimum atomic E-state index is 1.25. The van der Waals surface area contributed by atoms with Crippen LogP contribution in [0.1, 0.15) is 0 Å². The highest BCUT2D eigenvalue weighted by Gasteiger charge is 2.23. The molecule has 0 amide bonds. The van der Waals surface area contributed by atoms with E-state index in [1.165, 1.54) is 84.5 Å². The van der Waals surface area contributed by atoms with Crippen molar-refractivity contribution in [3.8, 4) is 32.7 Å². The molecule has 0 saturated carbocycles. The first-order valence-electron chi connectivity index (χ1n) is 14.3. The average molecular weight is 569 g/mol. The van der Waals surface area contributed by atoms with Crippen LogP contribution in [0.4, 0.5) is 0 Å². The first-order valence-corrected chi connectivity index (χ1v) is 15.9. The Balaban J connectivity index is 1.46. The van der Waals surface area contributed by atoms with Crippen molar-refractivity contribution >= 4 is 74.5 Å². The Kier molecular flexibility index (Phi) is 5.34. The van der Waals surface area contributed by atoms with Gasteiger partial charge in [-0.1, -0.05) is 127 Å². The van der Waals surface area contributed by atoms with Gasteiger partial charge in [-0.25, -0.2) is 0 Å². The molecule has 0 spiro atoms. The zero-order chi connectivity index (χ0) is 27.6. The van der Waals surface area contributed by atoms with Gasteiger partial charge in [0.25, 0.3) is 0 Å². The summed E-state index contributed by atoms with van der Waals surface area (Å²) in [5, 5.41) is 9.20. The number of hydrogen-bond donors (Lipinski definition) is 0. The first-order chi connectivity index (χ1) is 20.8. The minimum Gasteiger partial charge on any atom is -0.135 e. The maximum absolute atomic E-state index is 2.45. The third-order valence-corrected chi connectivity index (χ3v) is 10.8. The average Bonchev–Trinajstić information content (AvgIpc) is 3.60. The summed E-state index contributed by atoms with van der Waals surface area (Å²) in [6, 6.07) is 53.5. The molecule has 196 valence electrons. The van der Waals surface area contributed by atoms with Crippen LogP contribution in [0.5, 0.6) is 0 Å². The third-order valence-electron chi connectivity index (χ3n) is 8.47. The highest BCUT2D eigenvalue weighted by atomic mass is 32.1. The van der Waals surface area contributed by atoms with Crippen LogP contribution in [0.3, 0.4) is 0 Å². The molecule has 9 rings (SSSR count). The quantitative estimate of drug-likeness (QED) is 0.186. The van der Waals surface area contributed by atoms with Gasteiger partial charge in [-0.15, -0.1) is 22.7 Å². The molecule has 0 N–H and O–H groups in total. The second kappa shape index (κ2) is 9.39. The Morgan fingerprint density at radius 3 is 1.38 bits per heavy atom. The summed E-state index contributed by atoms with van der Waals surface area (Å²) in [6.45, 7) is 0. The minimum absolute atomic E-state index is 1.25. The zero-order valence-electron chi connectivity index (χ0n) is 22.7.